The second kappa shape index (κ2) is 10.8. The van der Waals surface area contributed by atoms with Crippen molar-refractivity contribution in [3.8, 4) is 22.3 Å². The Morgan fingerprint density at radius 1 is 0.857 bits per heavy atom. The van der Waals surface area contributed by atoms with Gasteiger partial charge in [0.1, 0.15) is 22.8 Å². The largest absolute Gasteiger partial charge is 0.480 e. The molecule has 6 rings (SSSR count). The SMILES string of the molecule is CC(C)(C)OC(=O)N1CC(S(=O)c2ccc(-c3ccc(-c4cccc5c4oc4ccccc45)cc3)cc2)CC1C(=O)O. The lowest BCUT2D eigenvalue weighted by atomic mass is 9.99. The predicted molar refractivity (Wildman–Crippen MR) is 164 cm³/mol. The molecule has 3 atom stereocenters. The van der Waals surface area contributed by atoms with Crippen LogP contribution in [-0.4, -0.2) is 49.7 Å². The smallest absolute Gasteiger partial charge is 0.411 e. The maximum Gasteiger partial charge on any atom is 0.411 e. The molecule has 1 fully saturated rings. The summed E-state index contributed by atoms with van der Waals surface area (Å²) in [5, 5.41) is 11.4. The number of benzene rings is 4. The van der Waals surface area contributed by atoms with Gasteiger partial charge in [-0.15, -0.1) is 0 Å². The number of nitrogens with zero attached hydrogens (tertiary/aromatic N) is 1. The van der Waals surface area contributed by atoms with E-state index in [1.165, 1.54) is 4.90 Å². The number of carbonyl (C=O) groups excluding carboxylic acids is 1. The average Bonchev–Trinajstić information content (AvgIpc) is 3.59. The highest BCUT2D eigenvalue weighted by Gasteiger charge is 2.44. The summed E-state index contributed by atoms with van der Waals surface area (Å²) in [6.07, 6.45) is -0.604. The molecular weight excluding hydrogens is 550 g/mol. The molecule has 8 heteroatoms. The van der Waals surface area contributed by atoms with Crippen LogP contribution in [0.15, 0.2) is 100 Å². The minimum atomic E-state index is -1.49. The standard InChI is InChI=1S/C34H31NO6S/c1-34(2,3)41-33(38)35-20-25(19-29(35)32(36)37)42(39)24-17-15-22(16-18-24)21-11-13-23(14-12-21)26-8-6-9-28-27-7-4-5-10-30(27)40-31(26)28/h4-18,25,29H,19-20H2,1-3H3,(H,36,37). The van der Waals surface area contributed by atoms with Crippen molar-refractivity contribution in [2.24, 2.45) is 0 Å². The van der Waals surface area contributed by atoms with Gasteiger partial charge in [-0.1, -0.05) is 72.8 Å². The van der Waals surface area contributed by atoms with Crippen LogP contribution in [0.25, 0.3) is 44.2 Å². The van der Waals surface area contributed by atoms with Crippen LogP contribution in [0, 0.1) is 0 Å². The molecule has 1 amide bonds. The number of aliphatic carboxylic acids is 1. The molecule has 1 N–H and O–H groups in total. The van der Waals surface area contributed by atoms with E-state index in [4.69, 9.17) is 9.15 Å². The van der Waals surface area contributed by atoms with Gasteiger partial charge in [0.2, 0.25) is 0 Å². The Hall–Kier alpha value is -4.43. The number of fused-ring (bicyclic) bond motifs is 3. The Morgan fingerprint density at radius 2 is 1.48 bits per heavy atom. The van der Waals surface area contributed by atoms with Crippen molar-refractivity contribution in [1.82, 2.24) is 4.90 Å². The number of furan rings is 1. The Balaban J connectivity index is 1.19. The third-order valence-electron chi connectivity index (χ3n) is 7.50. The summed E-state index contributed by atoms with van der Waals surface area (Å²) in [6, 6.07) is 28.8. The van der Waals surface area contributed by atoms with Gasteiger partial charge in [-0.25, -0.2) is 9.59 Å². The van der Waals surface area contributed by atoms with Crippen molar-refractivity contribution in [3.05, 3.63) is 91.0 Å². The van der Waals surface area contributed by atoms with Crippen LogP contribution >= 0.6 is 0 Å². The number of para-hydroxylation sites is 2. The van der Waals surface area contributed by atoms with Gasteiger partial charge in [-0.3, -0.25) is 9.11 Å². The van der Waals surface area contributed by atoms with Crippen LogP contribution in [0.2, 0.25) is 0 Å². The van der Waals surface area contributed by atoms with Crippen LogP contribution in [0.5, 0.6) is 0 Å². The molecule has 4 aromatic carbocycles. The minimum absolute atomic E-state index is 0.0552. The van der Waals surface area contributed by atoms with Gasteiger partial charge in [-0.05, 0) is 62.1 Å². The summed E-state index contributed by atoms with van der Waals surface area (Å²) in [5.74, 6) is -1.13. The number of ether oxygens (including phenoxy) is 1. The highest BCUT2D eigenvalue weighted by molar-refractivity contribution is 7.85. The van der Waals surface area contributed by atoms with Crippen molar-refractivity contribution in [1.29, 1.82) is 0 Å². The zero-order valence-electron chi connectivity index (χ0n) is 23.6. The summed E-state index contributed by atoms with van der Waals surface area (Å²) in [5.41, 5.74) is 5.02. The van der Waals surface area contributed by atoms with Crippen LogP contribution in [0.4, 0.5) is 4.79 Å². The Labute approximate surface area is 246 Å². The molecule has 0 aliphatic carbocycles. The summed E-state index contributed by atoms with van der Waals surface area (Å²) in [4.78, 5) is 26.3. The van der Waals surface area contributed by atoms with E-state index in [1.54, 1.807) is 32.9 Å². The molecule has 1 aliphatic rings. The number of rotatable bonds is 5. The molecule has 1 saturated heterocycles. The van der Waals surface area contributed by atoms with E-state index in [9.17, 15) is 18.9 Å². The molecule has 0 spiro atoms. The zero-order valence-corrected chi connectivity index (χ0v) is 24.4. The van der Waals surface area contributed by atoms with Crippen molar-refractivity contribution < 1.29 is 28.1 Å². The topological polar surface area (TPSA) is 97.0 Å². The lowest BCUT2D eigenvalue weighted by Crippen LogP contribution is -2.43. The normalized spacial score (nSPS) is 17.9. The molecule has 0 radical (unpaired) electrons. The van der Waals surface area contributed by atoms with Crippen LogP contribution in [0.3, 0.4) is 0 Å². The number of carbonyl (C=O) groups is 2. The Morgan fingerprint density at radius 3 is 2.14 bits per heavy atom. The maximum absolute atomic E-state index is 13.4. The van der Waals surface area contributed by atoms with Gasteiger partial charge in [0.05, 0.1) is 16.0 Å². The second-order valence-electron chi connectivity index (χ2n) is 11.5. The molecule has 7 nitrogen and oxygen atoms in total. The first kappa shape index (κ1) is 27.7. The van der Waals surface area contributed by atoms with Gasteiger partial charge in [-0.2, -0.15) is 0 Å². The third kappa shape index (κ3) is 5.30. The van der Waals surface area contributed by atoms with E-state index in [0.717, 1.165) is 44.2 Å². The van der Waals surface area contributed by atoms with Crippen LogP contribution in [-0.2, 0) is 20.3 Å². The van der Waals surface area contributed by atoms with Crippen LogP contribution in [0.1, 0.15) is 27.2 Å². The minimum Gasteiger partial charge on any atom is -0.480 e. The molecule has 5 aromatic rings. The third-order valence-corrected chi connectivity index (χ3v) is 9.18. The van der Waals surface area contributed by atoms with E-state index in [-0.39, 0.29) is 13.0 Å². The van der Waals surface area contributed by atoms with Gasteiger partial charge < -0.3 is 14.3 Å². The van der Waals surface area contributed by atoms with Crippen molar-refractivity contribution in [2.45, 2.75) is 49.0 Å². The van der Waals surface area contributed by atoms with Crippen molar-refractivity contribution >= 4 is 44.8 Å². The first-order chi connectivity index (χ1) is 20.1. The molecular formula is C34H31NO6S. The van der Waals surface area contributed by atoms with E-state index in [0.29, 0.717) is 4.90 Å². The number of likely N-dealkylation sites (tertiary alicyclic amines) is 1. The Bertz CT molecular complexity index is 1820. The molecule has 0 bridgehead atoms. The number of amides is 1. The van der Waals surface area contributed by atoms with E-state index >= 15 is 0 Å². The molecule has 1 aromatic heterocycles. The monoisotopic (exact) mass is 581 g/mol. The zero-order chi connectivity index (χ0) is 29.6. The molecule has 2 heterocycles. The van der Waals surface area contributed by atoms with E-state index in [2.05, 4.69) is 42.5 Å². The van der Waals surface area contributed by atoms with Gasteiger partial charge in [0, 0.05) is 27.8 Å². The Kier molecular flexibility index (Phi) is 7.10. The van der Waals surface area contributed by atoms with E-state index in [1.807, 2.05) is 36.4 Å². The molecule has 214 valence electrons. The van der Waals surface area contributed by atoms with Gasteiger partial charge in [0.25, 0.3) is 0 Å². The fraction of sp³-hybridized carbons (Fsp3) is 0.235. The quantitative estimate of drug-likeness (QED) is 0.231. The number of carboxylic acid groups (broad SMARTS) is 1. The van der Waals surface area contributed by atoms with Crippen LogP contribution < -0.4 is 0 Å². The predicted octanol–water partition coefficient (Wildman–Crippen LogP) is 7.49. The van der Waals surface area contributed by atoms with E-state index < -0.39 is 39.8 Å². The number of hydrogen-bond donors (Lipinski definition) is 1. The first-order valence-corrected chi connectivity index (χ1v) is 15.0. The highest BCUT2D eigenvalue weighted by atomic mass is 32.2. The fourth-order valence-electron chi connectivity index (χ4n) is 5.50. The fourth-order valence-corrected chi connectivity index (χ4v) is 6.94. The highest BCUT2D eigenvalue weighted by Crippen LogP contribution is 2.36. The molecule has 0 saturated carbocycles. The average molecular weight is 582 g/mol. The number of carboxylic acids is 1. The number of hydrogen-bond acceptors (Lipinski definition) is 5. The summed E-state index contributed by atoms with van der Waals surface area (Å²) in [7, 11) is -1.49. The summed E-state index contributed by atoms with van der Waals surface area (Å²) < 4.78 is 25.0. The van der Waals surface area contributed by atoms with Crippen molar-refractivity contribution in [3.63, 3.8) is 0 Å². The molecule has 1 aliphatic heterocycles. The van der Waals surface area contributed by atoms with Gasteiger partial charge in [0.15, 0.2) is 0 Å². The first-order valence-electron chi connectivity index (χ1n) is 13.8. The maximum atomic E-state index is 13.4. The lowest BCUT2D eigenvalue weighted by molar-refractivity contribution is -0.142. The summed E-state index contributed by atoms with van der Waals surface area (Å²) >= 11 is 0. The lowest BCUT2D eigenvalue weighted by Gasteiger charge is -2.26. The second-order valence-corrected chi connectivity index (χ2v) is 13.3. The molecule has 3 unspecified atom stereocenters. The van der Waals surface area contributed by atoms with Crippen molar-refractivity contribution in [2.75, 3.05) is 6.54 Å². The van der Waals surface area contributed by atoms with Gasteiger partial charge >= 0.3 is 12.1 Å². The molecule has 42 heavy (non-hydrogen) atoms. The summed E-state index contributed by atoms with van der Waals surface area (Å²) in [6.45, 7) is 5.23.